The van der Waals surface area contributed by atoms with Crippen LogP contribution in [0.25, 0.3) is 0 Å². The number of rotatable bonds is 4. The molecule has 0 aliphatic heterocycles. The molecule has 0 aromatic heterocycles. The summed E-state index contributed by atoms with van der Waals surface area (Å²) in [4.78, 5) is 11.0. The zero-order valence-electron chi connectivity index (χ0n) is 10.1. The summed E-state index contributed by atoms with van der Waals surface area (Å²) in [5, 5.41) is 8.85. The van der Waals surface area contributed by atoms with E-state index in [2.05, 4.69) is 0 Å². The average molecular weight is 299 g/mol. The summed E-state index contributed by atoms with van der Waals surface area (Å²) in [6.45, 7) is -0.166. The summed E-state index contributed by atoms with van der Waals surface area (Å²) >= 11 is 5.75. The van der Waals surface area contributed by atoms with Crippen LogP contribution in [0.15, 0.2) is 36.4 Å². The van der Waals surface area contributed by atoms with Crippen molar-refractivity contribution in [2.24, 2.45) is 0 Å². The van der Waals surface area contributed by atoms with E-state index in [9.17, 15) is 13.6 Å². The van der Waals surface area contributed by atoms with E-state index in [1.165, 1.54) is 18.2 Å². The molecule has 20 heavy (non-hydrogen) atoms. The van der Waals surface area contributed by atoms with Gasteiger partial charge in [-0.1, -0.05) is 23.7 Å². The van der Waals surface area contributed by atoms with E-state index < -0.39 is 17.6 Å². The molecule has 0 radical (unpaired) electrons. The van der Waals surface area contributed by atoms with Crippen LogP contribution >= 0.6 is 11.6 Å². The molecule has 0 amide bonds. The van der Waals surface area contributed by atoms with Crippen LogP contribution in [-0.4, -0.2) is 11.1 Å². The number of ether oxygens (including phenoxy) is 1. The van der Waals surface area contributed by atoms with E-state index in [1.54, 1.807) is 0 Å². The van der Waals surface area contributed by atoms with E-state index in [-0.39, 0.29) is 22.9 Å². The van der Waals surface area contributed by atoms with E-state index in [0.29, 0.717) is 5.56 Å². The molecule has 2 rings (SSSR count). The summed E-state index contributed by atoms with van der Waals surface area (Å²) < 4.78 is 31.6. The molecule has 0 aliphatic rings. The lowest BCUT2D eigenvalue weighted by molar-refractivity contribution is 0.0691. The fourth-order valence-corrected chi connectivity index (χ4v) is 1.79. The van der Waals surface area contributed by atoms with E-state index in [1.807, 2.05) is 0 Å². The third-order valence-corrected chi connectivity index (χ3v) is 3.01. The van der Waals surface area contributed by atoms with Crippen molar-refractivity contribution in [3.63, 3.8) is 0 Å². The Morgan fingerprint density at radius 2 is 2.00 bits per heavy atom. The maximum Gasteiger partial charge on any atom is 0.339 e. The topological polar surface area (TPSA) is 46.5 Å². The Balaban J connectivity index is 2.24. The standard InChI is InChI=1S/C14H9ClF2O3/c15-13-8(2-1-3-11(13)17)7-20-12-6-9(16)4-5-10(12)14(18)19/h1-6H,7H2,(H,18,19). The Morgan fingerprint density at radius 3 is 2.70 bits per heavy atom. The van der Waals surface area contributed by atoms with Gasteiger partial charge >= 0.3 is 5.97 Å². The van der Waals surface area contributed by atoms with Crippen LogP contribution in [0, 0.1) is 11.6 Å². The van der Waals surface area contributed by atoms with Crippen LogP contribution in [0.5, 0.6) is 5.75 Å². The van der Waals surface area contributed by atoms with E-state index in [0.717, 1.165) is 18.2 Å². The summed E-state index contributed by atoms with van der Waals surface area (Å²) in [5.74, 6) is -2.62. The minimum Gasteiger partial charge on any atom is -0.488 e. The number of carbonyl (C=O) groups is 1. The Morgan fingerprint density at radius 1 is 1.25 bits per heavy atom. The summed E-state index contributed by atoms with van der Waals surface area (Å²) in [6, 6.07) is 7.24. The maximum atomic E-state index is 13.2. The first-order valence-electron chi connectivity index (χ1n) is 5.57. The molecule has 0 saturated carbocycles. The minimum atomic E-state index is -1.25. The SMILES string of the molecule is O=C(O)c1ccc(F)cc1OCc1cccc(F)c1Cl. The number of carboxylic acids is 1. The maximum absolute atomic E-state index is 13.2. The first-order chi connectivity index (χ1) is 9.49. The van der Waals surface area contributed by atoms with Crippen LogP contribution in [0.1, 0.15) is 15.9 Å². The molecule has 6 heteroatoms. The van der Waals surface area contributed by atoms with Gasteiger partial charge < -0.3 is 9.84 Å². The van der Waals surface area contributed by atoms with Gasteiger partial charge in [-0.25, -0.2) is 13.6 Å². The molecule has 3 nitrogen and oxygen atoms in total. The van der Waals surface area contributed by atoms with Crippen molar-refractivity contribution in [3.8, 4) is 5.75 Å². The molecule has 0 unspecified atom stereocenters. The lowest BCUT2D eigenvalue weighted by Gasteiger charge is -2.10. The quantitative estimate of drug-likeness (QED) is 0.931. The molecule has 2 aromatic rings. The van der Waals surface area contributed by atoms with Gasteiger partial charge in [0.15, 0.2) is 0 Å². The van der Waals surface area contributed by atoms with Crippen molar-refractivity contribution in [2.75, 3.05) is 0 Å². The number of aromatic carboxylic acids is 1. The molecule has 0 spiro atoms. The van der Waals surface area contributed by atoms with Gasteiger partial charge in [0.2, 0.25) is 0 Å². The predicted octanol–water partition coefficient (Wildman–Crippen LogP) is 3.90. The van der Waals surface area contributed by atoms with Gasteiger partial charge in [0.1, 0.15) is 29.6 Å². The summed E-state index contributed by atoms with van der Waals surface area (Å²) in [5.41, 5.74) is 0.159. The molecular weight excluding hydrogens is 290 g/mol. The number of carboxylic acid groups (broad SMARTS) is 1. The van der Waals surface area contributed by atoms with Crippen molar-refractivity contribution in [1.82, 2.24) is 0 Å². The second-order valence-corrected chi connectivity index (χ2v) is 4.33. The molecule has 0 atom stereocenters. The summed E-state index contributed by atoms with van der Waals surface area (Å²) in [6.07, 6.45) is 0. The van der Waals surface area contributed by atoms with Crippen molar-refractivity contribution in [2.45, 2.75) is 6.61 Å². The van der Waals surface area contributed by atoms with Crippen LogP contribution in [0.2, 0.25) is 5.02 Å². The Kier molecular flexibility index (Phi) is 4.20. The Hall–Kier alpha value is -2.14. The lowest BCUT2D eigenvalue weighted by atomic mass is 10.2. The third-order valence-electron chi connectivity index (χ3n) is 2.59. The first kappa shape index (κ1) is 14.3. The predicted molar refractivity (Wildman–Crippen MR) is 69.1 cm³/mol. The zero-order chi connectivity index (χ0) is 14.7. The highest BCUT2D eigenvalue weighted by Gasteiger charge is 2.13. The van der Waals surface area contributed by atoms with E-state index >= 15 is 0 Å². The number of halogens is 3. The van der Waals surface area contributed by atoms with Gasteiger partial charge in [0.05, 0.1) is 5.02 Å². The molecular formula is C14H9ClF2O3. The Bertz CT molecular complexity index is 659. The molecule has 0 saturated heterocycles. The normalized spacial score (nSPS) is 10.3. The first-order valence-corrected chi connectivity index (χ1v) is 5.95. The number of hydrogen-bond donors (Lipinski definition) is 1. The van der Waals surface area contributed by atoms with Gasteiger partial charge in [-0.05, 0) is 18.2 Å². The fraction of sp³-hybridized carbons (Fsp3) is 0.0714. The largest absolute Gasteiger partial charge is 0.488 e. The highest BCUT2D eigenvalue weighted by molar-refractivity contribution is 6.31. The van der Waals surface area contributed by atoms with Gasteiger partial charge in [-0.15, -0.1) is 0 Å². The molecule has 104 valence electrons. The second kappa shape index (κ2) is 5.88. The van der Waals surface area contributed by atoms with Crippen molar-refractivity contribution < 1.29 is 23.4 Å². The molecule has 0 fully saturated rings. The smallest absolute Gasteiger partial charge is 0.339 e. The molecule has 0 heterocycles. The highest BCUT2D eigenvalue weighted by atomic mass is 35.5. The fourth-order valence-electron chi connectivity index (χ4n) is 1.61. The van der Waals surface area contributed by atoms with Crippen LogP contribution in [0.3, 0.4) is 0 Å². The number of benzene rings is 2. The van der Waals surface area contributed by atoms with Crippen molar-refractivity contribution in [3.05, 3.63) is 64.2 Å². The molecule has 1 N–H and O–H groups in total. The van der Waals surface area contributed by atoms with Gasteiger partial charge in [-0.2, -0.15) is 0 Å². The van der Waals surface area contributed by atoms with Crippen molar-refractivity contribution in [1.29, 1.82) is 0 Å². The Labute approximate surface area is 118 Å². The van der Waals surface area contributed by atoms with Crippen LogP contribution in [-0.2, 0) is 6.61 Å². The molecule has 0 bridgehead atoms. The number of hydrogen-bond acceptors (Lipinski definition) is 2. The monoisotopic (exact) mass is 298 g/mol. The molecule has 0 aliphatic carbocycles. The zero-order valence-corrected chi connectivity index (χ0v) is 10.8. The van der Waals surface area contributed by atoms with Gasteiger partial charge in [-0.3, -0.25) is 0 Å². The lowest BCUT2D eigenvalue weighted by Crippen LogP contribution is -2.04. The average Bonchev–Trinajstić information content (AvgIpc) is 2.40. The van der Waals surface area contributed by atoms with Crippen molar-refractivity contribution >= 4 is 17.6 Å². The summed E-state index contributed by atoms with van der Waals surface area (Å²) in [7, 11) is 0. The van der Waals surface area contributed by atoms with Crippen LogP contribution in [0.4, 0.5) is 8.78 Å². The molecule has 2 aromatic carbocycles. The van der Waals surface area contributed by atoms with Gasteiger partial charge in [0.25, 0.3) is 0 Å². The van der Waals surface area contributed by atoms with Crippen LogP contribution < -0.4 is 4.74 Å². The minimum absolute atomic E-state index is 0.110. The van der Waals surface area contributed by atoms with E-state index in [4.69, 9.17) is 21.4 Å². The van der Waals surface area contributed by atoms with Gasteiger partial charge in [0, 0.05) is 11.6 Å². The second-order valence-electron chi connectivity index (χ2n) is 3.95. The highest BCUT2D eigenvalue weighted by Crippen LogP contribution is 2.24. The third kappa shape index (κ3) is 3.05.